The van der Waals surface area contributed by atoms with E-state index in [-0.39, 0.29) is 0 Å². The monoisotopic (exact) mass is 323 g/mol. The van der Waals surface area contributed by atoms with Crippen LogP contribution in [-0.2, 0) is 19.3 Å². The standard InChI is InChI=1S/C23H33N/c1-2-7-22-18(4-1)5-3-6-19(22)8-9-24-15-23-20-11-16-10-17(13-20)14-21(23)12-16/h3,5-6,16-17,20-21,23-24H,1-2,4,7-15H2. The van der Waals surface area contributed by atoms with Crippen LogP contribution in [0.2, 0.25) is 0 Å². The third kappa shape index (κ3) is 2.83. The van der Waals surface area contributed by atoms with E-state index in [1.807, 2.05) is 0 Å². The van der Waals surface area contributed by atoms with Gasteiger partial charge in [-0.3, -0.25) is 0 Å². The Morgan fingerprint density at radius 1 is 0.875 bits per heavy atom. The van der Waals surface area contributed by atoms with Gasteiger partial charge in [0.2, 0.25) is 0 Å². The Hall–Kier alpha value is -0.820. The van der Waals surface area contributed by atoms with Gasteiger partial charge in [-0.1, -0.05) is 18.2 Å². The lowest BCUT2D eigenvalue weighted by Crippen LogP contribution is -2.48. The highest BCUT2D eigenvalue weighted by Gasteiger charge is 2.47. The Morgan fingerprint density at radius 3 is 2.42 bits per heavy atom. The predicted molar refractivity (Wildman–Crippen MR) is 100 cm³/mol. The summed E-state index contributed by atoms with van der Waals surface area (Å²) in [5, 5.41) is 3.87. The highest BCUT2D eigenvalue weighted by molar-refractivity contribution is 5.37. The molecule has 24 heavy (non-hydrogen) atoms. The van der Waals surface area contributed by atoms with Gasteiger partial charge in [0.05, 0.1) is 0 Å². The first-order chi connectivity index (χ1) is 11.9. The van der Waals surface area contributed by atoms with Crippen LogP contribution in [0.3, 0.4) is 0 Å². The zero-order valence-corrected chi connectivity index (χ0v) is 15.1. The van der Waals surface area contributed by atoms with Crippen LogP contribution < -0.4 is 5.32 Å². The van der Waals surface area contributed by atoms with Gasteiger partial charge in [0.15, 0.2) is 0 Å². The molecule has 0 spiro atoms. The molecule has 1 heteroatoms. The number of hydrogen-bond donors (Lipinski definition) is 1. The Kier molecular flexibility index (Phi) is 4.17. The van der Waals surface area contributed by atoms with Crippen molar-refractivity contribution in [3.63, 3.8) is 0 Å². The summed E-state index contributed by atoms with van der Waals surface area (Å²) in [7, 11) is 0. The summed E-state index contributed by atoms with van der Waals surface area (Å²) in [6.45, 7) is 2.48. The molecule has 1 aromatic rings. The molecule has 4 saturated carbocycles. The predicted octanol–water partition coefficient (Wildman–Crippen LogP) is 4.77. The largest absolute Gasteiger partial charge is 0.316 e. The fourth-order valence-electron chi connectivity index (χ4n) is 6.96. The summed E-state index contributed by atoms with van der Waals surface area (Å²) in [4.78, 5) is 0. The molecular weight excluding hydrogens is 290 g/mol. The van der Waals surface area contributed by atoms with Gasteiger partial charge in [-0.25, -0.2) is 0 Å². The first kappa shape index (κ1) is 15.4. The first-order valence-corrected chi connectivity index (χ1v) is 10.7. The fraction of sp³-hybridized carbons (Fsp3) is 0.739. The number of nitrogens with one attached hydrogen (secondary N) is 1. The van der Waals surface area contributed by atoms with Crippen molar-refractivity contribution in [3.8, 4) is 0 Å². The summed E-state index contributed by atoms with van der Waals surface area (Å²) in [5.41, 5.74) is 4.96. The van der Waals surface area contributed by atoms with Gasteiger partial charge in [0.1, 0.15) is 0 Å². The topological polar surface area (TPSA) is 12.0 Å². The second-order valence-electron chi connectivity index (χ2n) is 9.31. The molecule has 5 aliphatic carbocycles. The maximum absolute atomic E-state index is 3.87. The molecule has 130 valence electrons. The average Bonchev–Trinajstić information content (AvgIpc) is 2.60. The highest BCUT2D eigenvalue weighted by Crippen LogP contribution is 2.56. The van der Waals surface area contributed by atoms with Crippen molar-refractivity contribution in [1.29, 1.82) is 0 Å². The van der Waals surface area contributed by atoms with Gasteiger partial charge >= 0.3 is 0 Å². The van der Waals surface area contributed by atoms with E-state index in [0.717, 1.165) is 29.6 Å². The second kappa shape index (κ2) is 6.48. The molecule has 0 radical (unpaired) electrons. The molecule has 0 aromatic heterocycles. The van der Waals surface area contributed by atoms with Gasteiger partial charge in [-0.05, 0) is 124 Å². The van der Waals surface area contributed by atoms with E-state index in [0.29, 0.717) is 0 Å². The van der Waals surface area contributed by atoms with Gasteiger partial charge in [0.25, 0.3) is 0 Å². The van der Waals surface area contributed by atoms with Crippen LogP contribution in [0.1, 0.15) is 61.6 Å². The molecule has 5 aliphatic rings. The van der Waals surface area contributed by atoms with E-state index in [4.69, 9.17) is 0 Å². The molecule has 1 N–H and O–H groups in total. The van der Waals surface area contributed by atoms with E-state index < -0.39 is 0 Å². The van der Waals surface area contributed by atoms with Crippen LogP contribution in [0.5, 0.6) is 0 Å². The quantitative estimate of drug-likeness (QED) is 0.770. The minimum Gasteiger partial charge on any atom is -0.316 e. The third-order valence-corrected chi connectivity index (χ3v) is 7.87. The van der Waals surface area contributed by atoms with Crippen molar-refractivity contribution >= 4 is 0 Å². The smallest absolute Gasteiger partial charge is 0.000813 e. The minimum absolute atomic E-state index is 1.00. The minimum atomic E-state index is 1.00. The molecule has 1 aromatic carbocycles. The van der Waals surface area contributed by atoms with Crippen molar-refractivity contribution in [2.75, 3.05) is 13.1 Å². The van der Waals surface area contributed by atoms with E-state index in [2.05, 4.69) is 23.5 Å². The van der Waals surface area contributed by atoms with Crippen molar-refractivity contribution in [2.24, 2.45) is 29.6 Å². The highest BCUT2D eigenvalue weighted by atomic mass is 14.9. The fourth-order valence-corrected chi connectivity index (χ4v) is 6.96. The lowest BCUT2D eigenvalue weighted by molar-refractivity contribution is -0.0353. The maximum atomic E-state index is 3.87. The Bertz CT molecular complexity index is 562. The molecule has 0 saturated heterocycles. The van der Waals surface area contributed by atoms with E-state index in [9.17, 15) is 0 Å². The van der Waals surface area contributed by atoms with Crippen molar-refractivity contribution < 1.29 is 0 Å². The van der Waals surface area contributed by atoms with Crippen LogP contribution in [0, 0.1) is 29.6 Å². The molecule has 1 nitrogen and oxygen atoms in total. The van der Waals surface area contributed by atoms with Crippen LogP contribution >= 0.6 is 0 Å². The summed E-state index contributed by atoms with van der Waals surface area (Å²) in [6.07, 6.45) is 14.5. The van der Waals surface area contributed by atoms with Crippen LogP contribution in [0.25, 0.3) is 0 Å². The Labute approximate surface area is 147 Å². The molecule has 0 amide bonds. The molecule has 0 unspecified atom stereocenters. The van der Waals surface area contributed by atoms with Crippen molar-refractivity contribution in [1.82, 2.24) is 5.32 Å². The van der Waals surface area contributed by atoms with E-state index in [1.54, 1.807) is 48.8 Å². The van der Waals surface area contributed by atoms with E-state index in [1.165, 1.54) is 45.2 Å². The SMILES string of the molecule is c1cc2c(c(CCNCC3C4CC5CC(C4)CC3C5)c1)CCCC2. The third-order valence-electron chi connectivity index (χ3n) is 7.87. The summed E-state index contributed by atoms with van der Waals surface area (Å²) < 4.78 is 0. The number of hydrogen-bond acceptors (Lipinski definition) is 1. The molecule has 4 fully saturated rings. The van der Waals surface area contributed by atoms with Gasteiger partial charge < -0.3 is 5.32 Å². The molecule has 0 aliphatic heterocycles. The Balaban J connectivity index is 1.15. The maximum Gasteiger partial charge on any atom is -0.000813 e. The van der Waals surface area contributed by atoms with Crippen LogP contribution in [0.15, 0.2) is 18.2 Å². The molecule has 6 rings (SSSR count). The lowest BCUT2D eigenvalue weighted by atomic mass is 9.52. The van der Waals surface area contributed by atoms with Crippen LogP contribution in [0.4, 0.5) is 0 Å². The molecular formula is C23H33N. The Morgan fingerprint density at radius 2 is 1.62 bits per heavy atom. The van der Waals surface area contributed by atoms with Gasteiger partial charge in [0, 0.05) is 0 Å². The van der Waals surface area contributed by atoms with Gasteiger partial charge in [-0.2, -0.15) is 0 Å². The summed E-state index contributed by atoms with van der Waals surface area (Å²) in [6, 6.07) is 7.03. The summed E-state index contributed by atoms with van der Waals surface area (Å²) >= 11 is 0. The molecule has 4 bridgehead atoms. The van der Waals surface area contributed by atoms with E-state index >= 15 is 0 Å². The summed E-state index contributed by atoms with van der Waals surface area (Å²) in [5.74, 6) is 5.36. The average molecular weight is 324 g/mol. The molecule has 0 heterocycles. The number of fused-ring (bicyclic) bond motifs is 1. The second-order valence-corrected chi connectivity index (χ2v) is 9.31. The lowest BCUT2D eigenvalue weighted by Gasteiger charge is -2.54. The van der Waals surface area contributed by atoms with Crippen molar-refractivity contribution in [2.45, 2.75) is 64.2 Å². The van der Waals surface area contributed by atoms with Gasteiger partial charge in [-0.15, -0.1) is 0 Å². The van der Waals surface area contributed by atoms with Crippen LogP contribution in [-0.4, -0.2) is 13.1 Å². The first-order valence-electron chi connectivity index (χ1n) is 10.7. The zero-order chi connectivity index (χ0) is 15.9. The van der Waals surface area contributed by atoms with Crippen molar-refractivity contribution in [3.05, 3.63) is 34.9 Å². The number of rotatable bonds is 5. The number of benzene rings is 1. The zero-order valence-electron chi connectivity index (χ0n) is 15.1. The number of aryl methyl sites for hydroxylation is 1. The normalized spacial score (nSPS) is 36.8. The molecule has 0 atom stereocenters.